The lowest BCUT2D eigenvalue weighted by molar-refractivity contribution is 0.0941. The zero-order chi connectivity index (χ0) is 14.3. The molecule has 1 amide bonds. The van der Waals surface area contributed by atoms with Gasteiger partial charge in [-0.25, -0.2) is 4.98 Å². The summed E-state index contributed by atoms with van der Waals surface area (Å²) in [7, 11) is 0. The third-order valence-electron chi connectivity index (χ3n) is 3.12. The van der Waals surface area contributed by atoms with Crippen molar-refractivity contribution >= 4 is 23.3 Å². The van der Waals surface area contributed by atoms with Crippen molar-refractivity contribution in [2.24, 2.45) is 5.92 Å². The van der Waals surface area contributed by atoms with Crippen LogP contribution in [0.25, 0.3) is 0 Å². The largest absolute Gasteiger partial charge is 0.370 e. The summed E-state index contributed by atoms with van der Waals surface area (Å²) in [5.74, 6) is 0.955. The van der Waals surface area contributed by atoms with Gasteiger partial charge in [-0.1, -0.05) is 38.3 Å². The molecule has 0 aromatic carbocycles. The predicted molar refractivity (Wildman–Crippen MR) is 79.8 cm³/mol. The van der Waals surface area contributed by atoms with Crippen LogP contribution in [-0.4, -0.2) is 24.0 Å². The minimum atomic E-state index is -0.211. The second kappa shape index (κ2) is 8.00. The molecular weight excluding hydrogens is 262 g/mol. The van der Waals surface area contributed by atoms with E-state index >= 15 is 0 Å². The first-order valence-corrected chi connectivity index (χ1v) is 7.18. The summed E-state index contributed by atoms with van der Waals surface area (Å²) in [5, 5.41) is 6.34. The summed E-state index contributed by atoms with van der Waals surface area (Å²) in [4.78, 5) is 16.3. The molecule has 0 unspecified atom stereocenters. The highest BCUT2D eigenvalue weighted by Crippen LogP contribution is 2.17. The maximum atomic E-state index is 12.1. The van der Waals surface area contributed by atoms with E-state index in [9.17, 15) is 4.79 Å². The molecule has 0 saturated heterocycles. The number of rotatable bonds is 7. The lowest BCUT2D eigenvalue weighted by Crippen LogP contribution is -2.30. The van der Waals surface area contributed by atoms with Gasteiger partial charge in [0.15, 0.2) is 0 Å². The Morgan fingerprint density at radius 2 is 2.00 bits per heavy atom. The number of nitrogens with zero attached hydrogens (tertiary/aromatic N) is 1. The Morgan fingerprint density at radius 1 is 1.32 bits per heavy atom. The second-order valence-electron chi connectivity index (χ2n) is 4.45. The molecule has 4 nitrogen and oxygen atoms in total. The number of aromatic nitrogens is 1. The molecular formula is C14H22ClN3O. The molecule has 0 aliphatic rings. The normalized spacial score (nSPS) is 10.6. The van der Waals surface area contributed by atoms with Crippen molar-refractivity contribution in [2.45, 2.75) is 33.6 Å². The molecule has 0 spiro atoms. The fraction of sp³-hybridized carbons (Fsp3) is 0.571. The van der Waals surface area contributed by atoms with Crippen LogP contribution in [0, 0.1) is 5.92 Å². The van der Waals surface area contributed by atoms with Crippen LogP contribution in [0.4, 0.5) is 5.82 Å². The zero-order valence-corrected chi connectivity index (χ0v) is 12.5. The van der Waals surface area contributed by atoms with Gasteiger partial charge in [0.1, 0.15) is 11.5 Å². The number of nitrogens with one attached hydrogen (secondary N) is 2. The van der Waals surface area contributed by atoms with Gasteiger partial charge < -0.3 is 10.6 Å². The highest BCUT2D eigenvalue weighted by atomic mass is 35.5. The highest BCUT2D eigenvalue weighted by Gasteiger charge is 2.14. The van der Waals surface area contributed by atoms with E-state index in [1.807, 2.05) is 6.92 Å². The van der Waals surface area contributed by atoms with Crippen LogP contribution in [0.1, 0.15) is 44.1 Å². The maximum absolute atomic E-state index is 12.1. The molecule has 0 aliphatic heterocycles. The average Bonchev–Trinajstić information content (AvgIpc) is 2.42. The fourth-order valence-corrected chi connectivity index (χ4v) is 1.97. The van der Waals surface area contributed by atoms with Crippen LogP contribution >= 0.6 is 11.6 Å². The van der Waals surface area contributed by atoms with Crippen molar-refractivity contribution in [3.05, 3.63) is 22.8 Å². The smallest absolute Gasteiger partial charge is 0.271 e. The molecule has 0 fully saturated rings. The van der Waals surface area contributed by atoms with Gasteiger partial charge in [0.05, 0.1) is 5.02 Å². The Hall–Kier alpha value is -1.29. The minimum absolute atomic E-state index is 0.211. The van der Waals surface area contributed by atoms with Crippen molar-refractivity contribution < 1.29 is 4.79 Å². The van der Waals surface area contributed by atoms with Crippen molar-refractivity contribution in [1.82, 2.24) is 10.3 Å². The lowest BCUT2D eigenvalue weighted by Gasteiger charge is -2.13. The number of hydrogen-bond acceptors (Lipinski definition) is 3. The zero-order valence-electron chi connectivity index (χ0n) is 11.8. The van der Waals surface area contributed by atoms with Crippen molar-refractivity contribution in [1.29, 1.82) is 0 Å². The first-order valence-electron chi connectivity index (χ1n) is 6.80. The van der Waals surface area contributed by atoms with Crippen LogP contribution in [0.15, 0.2) is 12.1 Å². The van der Waals surface area contributed by atoms with Gasteiger partial charge in [0.25, 0.3) is 5.91 Å². The van der Waals surface area contributed by atoms with Crippen LogP contribution in [0.2, 0.25) is 5.02 Å². The van der Waals surface area contributed by atoms with E-state index < -0.39 is 0 Å². The summed E-state index contributed by atoms with van der Waals surface area (Å²) in [6, 6.07) is 3.46. The monoisotopic (exact) mass is 283 g/mol. The molecule has 0 aliphatic carbocycles. The van der Waals surface area contributed by atoms with Crippen molar-refractivity contribution in [2.75, 3.05) is 18.4 Å². The first kappa shape index (κ1) is 15.8. The van der Waals surface area contributed by atoms with E-state index in [-0.39, 0.29) is 11.6 Å². The lowest BCUT2D eigenvalue weighted by atomic mass is 10.0. The fourth-order valence-electron chi connectivity index (χ4n) is 1.78. The van der Waals surface area contributed by atoms with E-state index in [2.05, 4.69) is 29.5 Å². The summed E-state index contributed by atoms with van der Waals surface area (Å²) in [5.41, 5.74) is 0.283. The molecule has 1 rings (SSSR count). The highest BCUT2D eigenvalue weighted by molar-refractivity contribution is 6.33. The van der Waals surface area contributed by atoms with Gasteiger partial charge in [-0.05, 0) is 25.0 Å². The molecule has 1 aromatic heterocycles. The summed E-state index contributed by atoms with van der Waals surface area (Å²) >= 11 is 6.02. The summed E-state index contributed by atoms with van der Waals surface area (Å²) in [6.07, 6.45) is 2.10. The van der Waals surface area contributed by atoms with Crippen molar-refractivity contribution in [3.8, 4) is 0 Å². The minimum Gasteiger partial charge on any atom is -0.370 e. The average molecular weight is 284 g/mol. The quantitative estimate of drug-likeness (QED) is 0.807. The standard InChI is InChI=1S/C14H22ClN3O/c1-4-10(5-2)9-17-14(19)13-11(15)7-8-12(18-13)16-6-3/h7-8,10H,4-6,9H2,1-3H3,(H,16,18)(H,17,19). The molecule has 0 atom stereocenters. The van der Waals surface area contributed by atoms with E-state index in [1.165, 1.54) is 0 Å². The van der Waals surface area contributed by atoms with Crippen LogP contribution < -0.4 is 10.6 Å². The van der Waals surface area contributed by atoms with E-state index in [1.54, 1.807) is 12.1 Å². The number of hydrogen-bond donors (Lipinski definition) is 2. The molecule has 0 bridgehead atoms. The molecule has 19 heavy (non-hydrogen) atoms. The van der Waals surface area contributed by atoms with Gasteiger partial charge in [-0.3, -0.25) is 4.79 Å². The SMILES string of the molecule is CCNc1ccc(Cl)c(C(=O)NCC(CC)CC)n1. The predicted octanol–water partition coefficient (Wildman–Crippen LogP) is 3.33. The molecule has 1 aromatic rings. The molecule has 0 radical (unpaired) electrons. The Labute approximate surface area is 120 Å². The van der Waals surface area contributed by atoms with E-state index in [0.717, 1.165) is 19.4 Å². The van der Waals surface area contributed by atoms with Crippen LogP contribution in [0.5, 0.6) is 0 Å². The Morgan fingerprint density at radius 3 is 2.58 bits per heavy atom. The van der Waals surface area contributed by atoms with Gasteiger partial charge in [-0.15, -0.1) is 0 Å². The number of anilines is 1. The Bertz CT molecular complexity index is 419. The molecule has 0 saturated carbocycles. The van der Waals surface area contributed by atoms with Crippen LogP contribution in [-0.2, 0) is 0 Å². The van der Waals surface area contributed by atoms with Gasteiger partial charge in [-0.2, -0.15) is 0 Å². The number of carbonyl (C=O) groups excluding carboxylic acids is 1. The molecule has 1 heterocycles. The maximum Gasteiger partial charge on any atom is 0.271 e. The Kier molecular flexibility index (Phi) is 6.64. The second-order valence-corrected chi connectivity index (χ2v) is 4.86. The first-order chi connectivity index (χ1) is 9.12. The third-order valence-corrected chi connectivity index (χ3v) is 3.43. The molecule has 106 valence electrons. The van der Waals surface area contributed by atoms with E-state index in [4.69, 9.17) is 11.6 Å². The Balaban J connectivity index is 2.72. The number of amides is 1. The van der Waals surface area contributed by atoms with Crippen LogP contribution in [0.3, 0.4) is 0 Å². The van der Waals surface area contributed by atoms with Crippen molar-refractivity contribution in [3.63, 3.8) is 0 Å². The summed E-state index contributed by atoms with van der Waals surface area (Å²) < 4.78 is 0. The molecule has 2 N–H and O–H groups in total. The molecule has 5 heteroatoms. The summed E-state index contributed by atoms with van der Waals surface area (Å²) in [6.45, 7) is 7.64. The van der Waals surface area contributed by atoms with Gasteiger partial charge >= 0.3 is 0 Å². The van der Waals surface area contributed by atoms with Gasteiger partial charge in [0, 0.05) is 13.1 Å². The number of carbonyl (C=O) groups is 1. The van der Waals surface area contributed by atoms with E-state index in [0.29, 0.717) is 23.3 Å². The number of pyridine rings is 1. The third kappa shape index (κ3) is 4.71. The number of halogens is 1. The topological polar surface area (TPSA) is 54.0 Å². The van der Waals surface area contributed by atoms with Gasteiger partial charge in [0.2, 0.25) is 0 Å².